The molecule has 0 unspecified atom stereocenters. The summed E-state index contributed by atoms with van der Waals surface area (Å²) >= 11 is 4.38. The van der Waals surface area contributed by atoms with E-state index in [1.807, 2.05) is 0 Å². The van der Waals surface area contributed by atoms with E-state index in [1.54, 1.807) is 5.51 Å². The molecule has 1 aromatic rings. The number of halogens is 2. The van der Waals surface area contributed by atoms with Gasteiger partial charge in [-0.2, -0.15) is 0 Å². The molecule has 1 aromatic heterocycles. The maximum absolute atomic E-state index is 12.5. The molecule has 0 amide bonds. The summed E-state index contributed by atoms with van der Waals surface area (Å²) < 4.78 is 13.5. The van der Waals surface area contributed by atoms with Gasteiger partial charge in [0.05, 0.1) is 19.9 Å². The predicted octanol–water partition coefficient (Wildman–Crippen LogP) is 1.54. The Labute approximate surface area is 75.7 Å². The van der Waals surface area contributed by atoms with Crippen molar-refractivity contribution in [3.05, 3.63) is 27.8 Å². The van der Waals surface area contributed by atoms with Gasteiger partial charge >= 0.3 is 0 Å². The number of allylic oxidation sites excluding steroid dienone is 1. The van der Waals surface area contributed by atoms with Crippen molar-refractivity contribution in [3.8, 4) is 0 Å². The molecule has 0 aliphatic carbocycles. The highest BCUT2D eigenvalue weighted by atomic mass is 79.9. The largest absolute Gasteiger partial charge is 0.245 e. The highest BCUT2D eigenvalue weighted by molar-refractivity contribution is 9.15. The Kier molecular flexibility index (Phi) is 2.57. The van der Waals surface area contributed by atoms with Crippen LogP contribution in [0.1, 0.15) is 0 Å². The third kappa shape index (κ3) is 1.75. The average Bonchev–Trinajstić information content (AvgIpc) is 2.33. The van der Waals surface area contributed by atoms with Crippen molar-refractivity contribution >= 4 is 38.3 Å². The topological polar surface area (TPSA) is 12.9 Å². The number of nitrogens with zero attached hydrogens (tertiary/aromatic N) is 1. The van der Waals surface area contributed by atoms with Crippen LogP contribution in [-0.4, -0.2) is 4.98 Å². The quantitative estimate of drug-likeness (QED) is 0.718. The number of thiazole rings is 1. The first-order valence-corrected chi connectivity index (χ1v) is 4.43. The minimum atomic E-state index is -0.501. The normalized spacial score (nSPS) is 12.9. The molecule has 0 saturated heterocycles. The number of hydrogen-bond acceptors (Lipinski definition) is 2. The van der Waals surface area contributed by atoms with Crippen molar-refractivity contribution in [1.82, 2.24) is 4.98 Å². The first-order valence-electron chi connectivity index (χ1n) is 2.76. The minimum absolute atomic E-state index is 0.338. The zero-order valence-electron chi connectivity index (χ0n) is 5.60. The lowest BCUT2D eigenvalue weighted by atomic mass is 10.5. The van der Waals surface area contributed by atoms with Gasteiger partial charge in [0.15, 0.2) is 0 Å². The predicted molar refractivity (Wildman–Crippen MR) is 49.5 cm³/mol. The van der Waals surface area contributed by atoms with Crippen LogP contribution in [0.5, 0.6) is 0 Å². The van der Waals surface area contributed by atoms with Gasteiger partial charge in [0.1, 0.15) is 5.83 Å². The van der Waals surface area contributed by atoms with E-state index in [-0.39, 0.29) is 0 Å². The van der Waals surface area contributed by atoms with E-state index in [0.29, 0.717) is 14.4 Å². The molecule has 1 rings (SSSR count). The number of hydrogen-bond donors (Lipinski definition) is 0. The molecule has 0 N–H and O–H groups in total. The second kappa shape index (κ2) is 3.28. The lowest BCUT2D eigenvalue weighted by Gasteiger charge is -1.87. The number of aromatic nitrogens is 1. The van der Waals surface area contributed by atoms with Gasteiger partial charge < -0.3 is 0 Å². The first kappa shape index (κ1) is 8.62. The summed E-state index contributed by atoms with van der Waals surface area (Å²) in [5.74, 6) is -0.501. The summed E-state index contributed by atoms with van der Waals surface area (Å²) in [4.78, 5) is 3.87. The molecule has 0 saturated carbocycles. The lowest BCUT2D eigenvalue weighted by molar-refractivity contribution is 0.682. The first-order chi connectivity index (χ1) is 5.13. The van der Waals surface area contributed by atoms with Gasteiger partial charge in [0.2, 0.25) is 0 Å². The van der Waals surface area contributed by atoms with Crippen molar-refractivity contribution < 1.29 is 4.39 Å². The van der Waals surface area contributed by atoms with Crippen molar-refractivity contribution in [2.75, 3.05) is 0 Å². The molecular formula is C7H5BrFNS. The smallest absolute Gasteiger partial charge is 0.131 e. The molecule has 0 atom stereocenters. The fourth-order valence-corrected chi connectivity index (χ4v) is 1.77. The third-order valence-corrected chi connectivity index (χ3v) is 3.05. The highest BCUT2D eigenvalue weighted by Gasteiger charge is 1.99. The molecule has 0 fully saturated rings. The van der Waals surface area contributed by atoms with Gasteiger partial charge in [-0.25, -0.2) is 9.37 Å². The SMILES string of the molecule is C=C(F)/C(Br)=c1/scnc1=C. The Morgan fingerprint density at radius 3 is 2.73 bits per heavy atom. The molecule has 0 radical (unpaired) electrons. The average molecular weight is 234 g/mol. The molecule has 0 aromatic carbocycles. The van der Waals surface area contributed by atoms with E-state index < -0.39 is 5.83 Å². The van der Waals surface area contributed by atoms with Crippen LogP contribution in [0.2, 0.25) is 0 Å². The summed E-state index contributed by atoms with van der Waals surface area (Å²) in [6.45, 7) is 6.78. The van der Waals surface area contributed by atoms with Crippen LogP contribution < -0.4 is 9.88 Å². The maximum Gasteiger partial charge on any atom is 0.131 e. The molecular weight excluding hydrogens is 229 g/mol. The van der Waals surface area contributed by atoms with Crippen molar-refractivity contribution in [2.24, 2.45) is 0 Å². The monoisotopic (exact) mass is 233 g/mol. The van der Waals surface area contributed by atoms with Gasteiger partial charge in [-0.1, -0.05) is 13.2 Å². The van der Waals surface area contributed by atoms with Gasteiger partial charge in [0, 0.05) is 0 Å². The minimum Gasteiger partial charge on any atom is -0.245 e. The Morgan fingerprint density at radius 2 is 2.36 bits per heavy atom. The summed E-state index contributed by atoms with van der Waals surface area (Å²) in [6.07, 6.45) is 0. The fraction of sp³-hybridized carbons (Fsp3) is 0. The zero-order valence-corrected chi connectivity index (χ0v) is 8.01. The van der Waals surface area contributed by atoms with Gasteiger partial charge in [-0.05, 0) is 15.9 Å². The molecule has 0 bridgehead atoms. The van der Waals surface area contributed by atoms with E-state index in [2.05, 4.69) is 34.1 Å². The van der Waals surface area contributed by atoms with E-state index in [1.165, 1.54) is 11.3 Å². The van der Waals surface area contributed by atoms with Crippen LogP contribution in [-0.2, 0) is 0 Å². The van der Waals surface area contributed by atoms with Crippen LogP contribution in [0.4, 0.5) is 4.39 Å². The number of rotatable bonds is 1. The zero-order chi connectivity index (χ0) is 8.43. The molecule has 11 heavy (non-hydrogen) atoms. The van der Waals surface area contributed by atoms with Crippen molar-refractivity contribution in [3.63, 3.8) is 0 Å². The fourth-order valence-electron chi connectivity index (χ4n) is 0.571. The molecule has 1 heterocycles. The summed E-state index contributed by atoms with van der Waals surface area (Å²) in [5.41, 5.74) is 1.61. The molecule has 1 nitrogen and oxygen atoms in total. The van der Waals surface area contributed by atoms with Crippen LogP contribution in [0, 0.1) is 0 Å². The van der Waals surface area contributed by atoms with Gasteiger partial charge in [0.25, 0.3) is 0 Å². The summed E-state index contributed by atoms with van der Waals surface area (Å²) in [7, 11) is 0. The van der Waals surface area contributed by atoms with E-state index in [9.17, 15) is 4.39 Å². The van der Waals surface area contributed by atoms with Crippen molar-refractivity contribution in [2.45, 2.75) is 0 Å². The second-order valence-corrected chi connectivity index (χ2v) is 3.49. The highest BCUT2D eigenvalue weighted by Crippen LogP contribution is 2.15. The van der Waals surface area contributed by atoms with Crippen molar-refractivity contribution in [1.29, 1.82) is 0 Å². The van der Waals surface area contributed by atoms with E-state index >= 15 is 0 Å². The van der Waals surface area contributed by atoms with Crippen LogP contribution in [0.25, 0.3) is 11.1 Å². The van der Waals surface area contributed by atoms with Gasteiger partial charge in [-0.15, -0.1) is 11.3 Å². The van der Waals surface area contributed by atoms with Crippen LogP contribution >= 0.6 is 27.3 Å². The Bertz CT molecular complexity index is 381. The molecule has 58 valence electrons. The van der Waals surface area contributed by atoms with E-state index in [4.69, 9.17) is 0 Å². The molecule has 0 aliphatic rings. The Morgan fingerprint density at radius 1 is 1.73 bits per heavy atom. The molecule has 4 heteroatoms. The molecule has 0 spiro atoms. The Balaban J connectivity index is 3.50. The van der Waals surface area contributed by atoms with E-state index in [0.717, 1.165) is 0 Å². The molecule has 0 aliphatic heterocycles. The summed E-state index contributed by atoms with van der Waals surface area (Å²) in [5, 5.41) is 0.570. The van der Waals surface area contributed by atoms with Crippen LogP contribution in [0.15, 0.2) is 17.9 Å². The Hall–Kier alpha value is -0.480. The van der Waals surface area contributed by atoms with Gasteiger partial charge in [-0.3, -0.25) is 0 Å². The maximum atomic E-state index is 12.5. The lowest BCUT2D eigenvalue weighted by Crippen LogP contribution is -2.20. The summed E-state index contributed by atoms with van der Waals surface area (Å²) in [6, 6.07) is 0. The third-order valence-electron chi connectivity index (χ3n) is 1.08. The van der Waals surface area contributed by atoms with Crippen LogP contribution in [0.3, 0.4) is 0 Å². The second-order valence-electron chi connectivity index (χ2n) is 1.85. The standard InChI is InChI=1S/C7H5BrFNS/c1-4(9)6(8)7-5(2)10-3-11-7/h3H,1-2H2/b7-6-.